The van der Waals surface area contributed by atoms with E-state index in [2.05, 4.69) is 9.72 Å². The fourth-order valence-electron chi connectivity index (χ4n) is 1.98. The van der Waals surface area contributed by atoms with Crippen LogP contribution < -0.4 is 9.64 Å². The van der Waals surface area contributed by atoms with E-state index in [-0.39, 0.29) is 9.99 Å². The Balaban J connectivity index is 2.33. The molecule has 0 N–H and O–H groups in total. The Bertz CT molecular complexity index is 583. The highest BCUT2D eigenvalue weighted by atomic mass is 32.2. The lowest BCUT2D eigenvalue weighted by atomic mass is 10.2. The van der Waals surface area contributed by atoms with Crippen LogP contribution in [0.15, 0.2) is 12.3 Å². The molecule has 7 heteroatoms. The number of thioether (sulfide) groups is 1. The average Bonchev–Trinajstić information content (AvgIpc) is 2.66. The second kappa shape index (κ2) is 6.56. The van der Waals surface area contributed by atoms with Crippen LogP contribution in [0.4, 0.5) is 10.6 Å². The van der Waals surface area contributed by atoms with Gasteiger partial charge in [0.2, 0.25) is 0 Å². The minimum Gasteiger partial charge on any atom is -0.490 e. The molecular weight excluding hydrogens is 304 g/mol. The minimum atomic E-state index is -0.481. The summed E-state index contributed by atoms with van der Waals surface area (Å²) in [6.07, 6.45) is 2.11. The summed E-state index contributed by atoms with van der Waals surface area (Å²) in [5, 5.41) is -0.0717. The van der Waals surface area contributed by atoms with E-state index in [0.29, 0.717) is 36.7 Å². The predicted molar refractivity (Wildman–Crippen MR) is 85.8 cm³/mol. The molecule has 0 unspecified atom stereocenters. The molecule has 0 spiro atoms. The zero-order valence-corrected chi connectivity index (χ0v) is 14.0. The van der Waals surface area contributed by atoms with Crippen LogP contribution in [0, 0.1) is 0 Å². The number of pyridine rings is 1. The Morgan fingerprint density at radius 2 is 2.14 bits per heavy atom. The number of carbonyl (C=O) groups is 2. The van der Waals surface area contributed by atoms with Gasteiger partial charge in [-0.15, -0.1) is 0 Å². The van der Waals surface area contributed by atoms with Gasteiger partial charge in [0.05, 0.1) is 19.3 Å². The minimum absolute atomic E-state index is 0.0717. The summed E-state index contributed by atoms with van der Waals surface area (Å²) >= 11 is 1.25. The molecule has 1 aliphatic rings. The highest BCUT2D eigenvalue weighted by molar-refractivity contribution is 8.15. The van der Waals surface area contributed by atoms with Crippen molar-refractivity contribution in [1.82, 2.24) is 4.98 Å². The molecule has 0 aliphatic carbocycles. The molecule has 0 aromatic carbocycles. The fourth-order valence-corrected chi connectivity index (χ4v) is 2.79. The summed E-state index contributed by atoms with van der Waals surface area (Å²) in [7, 11) is 1.31. The van der Waals surface area contributed by atoms with E-state index in [0.717, 1.165) is 0 Å². The molecule has 120 valence electrons. The first-order chi connectivity index (χ1) is 10.3. The number of amides is 1. The van der Waals surface area contributed by atoms with E-state index in [1.54, 1.807) is 11.0 Å². The molecule has 0 radical (unpaired) electrons. The second-order valence-electron chi connectivity index (χ2n) is 5.87. The lowest BCUT2D eigenvalue weighted by molar-refractivity contribution is 0.0599. The molecule has 1 amide bonds. The summed E-state index contributed by atoms with van der Waals surface area (Å²) in [5.74, 6) is 0.403. The van der Waals surface area contributed by atoms with Crippen LogP contribution in [0.1, 0.15) is 37.6 Å². The van der Waals surface area contributed by atoms with Crippen molar-refractivity contribution in [3.8, 4) is 5.75 Å². The number of rotatable bonds is 1. The summed E-state index contributed by atoms with van der Waals surface area (Å²) in [6, 6.07) is 1.57. The molecule has 0 saturated carbocycles. The molecule has 2 heterocycles. The number of nitrogens with zero attached hydrogens (tertiary/aromatic N) is 2. The lowest BCUT2D eigenvalue weighted by Gasteiger charge is -2.24. The molecule has 0 atom stereocenters. The summed E-state index contributed by atoms with van der Waals surface area (Å²) in [6.45, 7) is 6.97. The van der Waals surface area contributed by atoms with Crippen LogP contribution in [0.2, 0.25) is 0 Å². The molecule has 2 rings (SSSR count). The Labute approximate surface area is 134 Å². The van der Waals surface area contributed by atoms with Gasteiger partial charge in [0, 0.05) is 23.6 Å². The quantitative estimate of drug-likeness (QED) is 0.739. The number of carbonyl (C=O) groups excluding carboxylic acids is 2. The largest absolute Gasteiger partial charge is 0.490 e. The number of hydrogen-bond donors (Lipinski definition) is 0. The van der Waals surface area contributed by atoms with Crippen LogP contribution in [-0.4, -0.2) is 41.2 Å². The maximum absolute atomic E-state index is 12.5. The van der Waals surface area contributed by atoms with Gasteiger partial charge in [-0.3, -0.25) is 9.69 Å². The molecule has 6 nitrogen and oxygen atoms in total. The van der Waals surface area contributed by atoms with E-state index < -0.39 is 5.97 Å². The number of aromatic nitrogens is 1. The third kappa shape index (κ3) is 3.91. The van der Waals surface area contributed by atoms with Crippen molar-refractivity contribution >= 4 is 28.8 Å². The molecule has 0 bridgehead atoms. The Morgan fingerprint density at radius 3 is 2.77 bits per heavy atom. The van der Waals surface area contributed by atoms with E-state index in [9.17, 15) is 9.59 Å². The van der Waals surface area contributed by atoms with E-state index >= 15 is 0 Å². The number of ether oxygens (including phenoxy) is 2. The van der Waals surface area contributed by atoms with Gasteiger partial charge < -0.3 is 9.47 Å². The number of anilines is 1. The number of methoxy groups -OCH3 is 1. The first-order valence-electron chi connectivity index (χ1n) is 7.03. The average molecular weight is 324 g/mol. The normalized spacial score (nSPS) is 14.6. The highest BCUT2D eigenvalue weighted by Gasteiger charge is 2.28. The topological polar surface area (TPSA) is 68.7 Å². The van der Waals surface area contributed by atoms with E-state index in [1.807, 2.05) is 20.8 Å². The second-order valence-corrected chi connectivity index (χ2v) is 7.65. The SMILES string of the molecule is COC(=O)c1cnc2c(c1)OCCCN2C(=O)SC(C)(C)C. The fraction of sp³-hybridized carbons (Fsp3) is 0.533. The van der Waals surface area contributed by atoms with Gasteiger partial charge in [0.1, 0.15) is 0 Å². The first kappa shape index (κ1) is 16.6. The summed E-state index contributed by atoms with van der Waals surface area (Å²) in [4.78, 5) is 29.9. The van der Waals surface area contributed by atoms with Crippen LogP contribution in [0.5, 0.6) is 5.75 Å². The van der Waals surface area contributed by atoms with Gasteiger partial charge in [-0.05, 0) is 6.42 Å². The van der Waals surface area contributed by atoms with Crippen LogP contribution in [-0.2, 0) is 4.74 Å². The van der Waals surface area contributed by atoms with Gasteiger partial charge in [-0.25, -0.2) is 9.78 Å². The van der Waals surface area contributed by atoms with Gasteiger partial charge in [0.25, 0.3) is 5.24 Å². The number of fused-ring (bicyclic) bond motifs is 1. The maximum atomic E-state index is 12.5. The van der Waals surface area contributed by atoms with Gasteiger partial charge in [0.15, 0.2) is 11.6 Å². The predicted octanol–water partition coefficient (Wildman–Crippen LogP) is 3.11. The van der Waals surface area contributed by atoms with Crippen LogP contribution >= 0.6 is 11.8 Å². The van der Waals surface area contributed by atoms with Crippen molar-refractivity contribution in [2.45, 2.75) is 31.9 Å². The third-order valence-corrected chi connectivity index (χ3v) is 3.91. The molecule has 0 fully saturated rings. The first-order valence-corrected chi connectivity index (χ1v) is 7.85. The Morgan fingerprint density at radius 1 is 1.41 bits per heavy atom. The monoisotopic (exact) mass is 324 g/mol. The molecule has 1 aromatic heterocycles. The van der Waals surface area contributed by atoms with Gasteiger partial charge >= 0.3 is 5.97 Å². The lowest BCUT2D eigenvalue weighted by Crippen LogP contribution is -2.31. The molecule has 22 heavy (non-hydrogen) atoms. The summed E-state index contributed by atoms with van der Waals surface area (Å²) < 4.78 is 10.1. The molecule has 0 saturated heterocycles. The molecular formula is C15H20N2O4S. The van der Waals surface area contributed by atoms with Crippen LogP contribution in [0.3, 0.4) is 0 Å². The third-order valence-electron chi connectivity index (χ3n) is 2.91. The van der Waals surface area contributed by atoms with Crippen molar-refractivity contribution in [3.63, 3.8) is 0 Å². The zero-order valence-electron chi connectivity index (χ0n) is 13.2. The Kier molecular flexibility index (Phi) is 4.95. The summed E-state index contributed by atoms with van der Waals surface area (Å²) in [5.41, 5.74) is 0.305. The van der Waals surface area contributed by atoms with E-state index in [1.165, 1.54) is 25.1 Å². The highest BCUT2D eigenvalue weighted by Crippen LogP contribution is 2.34. The molecule has 1 aromatic rings. The standard InChI is InChI=1S/C15H20N2O4S/c1-15(2,3)22-14(19)17-6-5-7-21-11-8-10(13(18)20-4)9-16-12(11)17/h8-9H,5-7H2,1-4H3. The number of esters is 1. The van der Waals surface area contributed by atoms with Crippen molar-refractivity contribution in [1.29, 1.82) is 0 Å². The van der Waals surface area contributed by atoms with Crippen molar-refractivity contribution in [2.24, 2.45) is 0 Å². The van der Waals surface area contributed by atoms with Crippen molar-refractivity contribution < 1.29 is 19.1 Å². The van der Waals surface area contributed by atoms with Gasteiger partial charge in [-0.1, -0.05) is 32.5 Å². The van der Waals surface area contributed by atoms with Crippen LogP contribution in [0.25, 0.3) is 0 Å². The van der Waals surface area contributed by atoms with E-state index in [4.69, 9.17) is 4.74 Å². The number of hydrogen-bond acceptors (Lipinski definition) is 6. The van der Waals surface area contributed by atoms with Crippen molar-refractivity contribution in [2.75, 3.05) is 25.2 Å². The zero-order chi connectivity index (χ0) is 16.3. The smallest absolute Gasteiger partial charge is 0.339 e. The molecule has 1 aliphatic heterocycles. The van der Waals surface area contributed by atoms with Crippen molar-refractivity contribution in [3.05, 3.63) is 17.8 Å². The van der Waals surface area contributed by atoms with Gasteiger partial charge in [-0.2, -0.15) is 0 Å². The maximum Gasteiger partial charge on any atom is 0.339 e. The Hall–Kier alpha value is -1.76.